The number of carbonyl (C=O) groups is 2. The zero-order valence-electron chi connectivity index (χ0n) is 18.7. The Balaban J connectivity index is 1.41. The summed E-state index contributed by atoms with van der Waals surface area (Å²) >= 11 is 5.92. The summed E-state index contributed by atoms with van der Waals surface area (Å²) in [5, 5.41) is 12.5. The Kier molecular flexibility index (Phi) is 6.75. The molecule has 0 unspecified atom stereocenters. The first kappa shape index (κ1) is 26.3. The van der Waals surface area contributed by atoms with Crippen LogP contribution in [0.2, 0.25) is 5.02 Å². The van der Waals surface area contributed by atoms with Gasteiger partial charge in [0.2, 0.25) is 0 Å². The van der Waals surface area contributed by atoms with Crippen LogP contribution in [0.15, 0.2) is 24.4 Å². The minimum atomic E-state index is -4.99. The van der Waals surface area contributed by atoms with Gasteiger partial charge in [0, 0.05) is 37.4 Å². The lowest BCUT2D eigenvalue weighted by Crippen LogP contribution is -2.45. The van der Waals surface area contributed by atoms with Gasteiger partial charge < -0.3 is 10.0 Å². The van der Waals surface area contributed by atoms with Gasteiger partial charge in [0.05, 0.1) is 5.56 Å². The number of carboxylic acid groups (broad SMARTS) is 1. The standard InChI is InChI=1S/C22H21ClF6N4O3/c23-14-1-2-15(21(24,25)26)13(9-14)10-31-6-3-20(12-31)4-7-32(8-5-20)19(36)33-11-16(22(27,28)29)17(30-33)18(34)35/h1-2,9,11H,3-8,10,12H2,(H,34,35). The maximum atomic E-state index is 13.4. The molecule has 196 valence electrons. The summed E-state index contributed by atoms with van der Waals surface area (Å²) in [6.45, 7) is 1.50. The van der Waals surface area contributed by atoms with Crippen molar-refractivity contribution in [3.05, 3.63) is 51.8 Å². The number of halogens is 7. The predicted molar refractivity (Wildman–Crippen MR) is 115 cm³/mol. The Hall–Kier alpha value is -2.80. The van der Waals surface area contributed by atoms with E-state index in [9.17, 15) is 35.9 Å². The minimum Gasteiger partial charge on any atom is -0.476 e. The summed E-state index contributed by atoms with van der Waals surface area (Å²) in [6.07, 6.45) is -7.44. The van der Waals surface area contributed by atoms with Gasteiger partial charge in [0.25, 0.3) is 0 Å². The predicted octanol–water partition coefficient (Wildman–Crippen LogP) is 5.23. The molecule has 0 aliphatic carbocycles. The largest absolute Gasteiger partial charge is 0.476 e. The summed E-state index contributed by atoms with van der Waals surface area (Å²) in [6, 6.07) is 2.60. The molecule has 1 aromatic heterocycles. The highest BCUT2D eigenvalue weighted by molar-refractivity contribution is 6.30. The van der Waals surface area contributed by atoms with Gasteiger partial charge >= 0.3 is 24.4 Å². The second-order valence-corrected chi connectivity index (χ2v) is 9.60. The first-order valence-corrected chi connectivity index (χ1v) is 11.3. The Bertz CT molecular complexity index is 1170. The third-order valence-corrected chi connectivity index (χ3v) is 7.03. The Morgan fingerprint density at radius 2 is 1.61 bits per heavy atom. The molecule has 0 atom stereocenters. The molecule has 4 rings (SSSR count). The number of amides is 1. The quantitative estimate of drug-likeness (QED) is 0.542. The molecular formula is C22H21ClF6N4O3. The van der Waals surface area contributed by atoms with Crippen LogP contribution in [-0.4, -0.2) is 62.9 Å². The molecule has 36 heavy (non-hydrogen) atoms. The van der Waals surface area contributed by atoms with Crippen molar-refractivity contribution in [3.63, 3.8) is 0 Å². The van der Waals surface area contributed by atoms with E-state index in [1.165, 1.54) is 17.0 Å². The maximum Gasteiger partial charge on any atom is 0.420 e. The number of hydrogen-bond donors (Lipinski definition) is 1. The summed E-state index contributed by atoms with van der Waals surface area (Å²) < 4.78 is 79.9. The van der Waals surface area contributed by atoms with Crippen LogP contribution in [0.3, 0.4) is 0 Å². The number of benzene rings is 1. The van der Waals surface area contributed by atoms with Gasteiger partial charge in [-0.1, -0.05) is 11.6 Å². The fourth-order valence-corrected chi connectivity index (χ4v) is 5.13. The Morgan fingerprint density at radius 3 is 2.17 bits per heavy atom. The zero-order valence-corrected chi connectivity index (χ0v) is 19.4. The average Bonchev–Trinajstić information content (AvgIpc) is 3.38. The van der Waals surface area contributed by atoms with E-state index in [-0.39, 0.29) is 35.6 Å². The second kappa shape index (κ2) is 9.25. The lowest BCUT2D eigenvalue weighted by Gasteiger charge is -2.39. The number of rotatable bonds is 3. The van der Waals surface area contributed by atoms with E-state index >= 15 is 0 Å². The number of aromatic nitrogens is 2. The number of likely N-dealkylation sites (tertiary alicyclic amines) is 2. The van der Waals surface area contributed by atoms with Crippen molar-refractivity contribution in [1.82, 2.24) is 19.6 Å². The van der Waals surface area contributed by atoms with E-state index in [0.717, 1.165) is 6.07 Å². The molecule has 2 aliphatic heterocycles. The smallest absolute Gasteiger partial charge is 0.420 e. The van der Waals surface area contributed by atoms with E-state index in [0.29, 0.717) is 43.2 Å². The minimum absolute atomic E-state index is 0.0608. The van der Waals surface area contributed by atoms with Crippen molar-refractivity contribution in [2.24, 2.45) is 5.41 Å². The lowest BCUT2D eigenvalue weighted by molar-refractivity contribution is -0.139. The summed E-state index contributed by atoms with van der Waals surface area (Å²) in [5.41, 5.74) is -3.68. The van der Waals surface area contributed by atoms with E-state index in [1.54, 1.807) is 0 Å². The summed E-state index contributed by atoms with van der Waals surface area (Å²) in [5.74, 6) is -1.90. The van der Waals surface area contributed by atoms with E-state index in [1.807, 2.05) is 4.90 Å². The van der Waals surface area contributed by atoms with E-state index in [2.05, 4.69) is 5.10 Å². The third-order valence-electron chi connectivity index (χ3n) is 6.80. The highest BCUT2D eigenvalue weighted by atomic mass is 35.5. The van der Waals surface area contributed by atoms with Crippen molar-refractivity contribution in [3.8, 4) is 0 Å². The average molecular weight is 539 g/mol. The zero-order chi connectivity index (χ0) is 26.5. The van der Waals surface area contributed by atoms with Gasteiger partial charge in [-0.25, -0.2) is 9.59 Å². The van der Waals surface area contributed by atoms with Crippen LogP contribution in [0.1, 0.15) is 46.4 Å². The maximum absolute atomic E-state index is 13.4. The fourth-order valence-electron chi connectivity index (χ4n) is 4.94. The molecular weight excluding hydrogens is 518 g/mol. The van der Waals surface area contributed by atoms with Gasteiger partial charge in [-0.05, 0) is 55.0 Å². The first-order valence-electron chi connectivity index (χ1n) is 11.0. The number of carboxylic acids is 1. The van der Waals surface area contributed by atoms with E-state index < -0.39 is 41.2 Å². The monoisotopic (exact) mass is 538 g/mol. The number of carbonyl (C=O) groups excluding carboxylic acids is 1. The Labute approximate surface area is 206 Å². The molecule has 2 saturated heterocycles. The van der Waals surface area contributed by atoms with Crippen LogP contribution < -0.4 is 0 Å². The number of alkyl halides is 6. The molecule has 1 amide bonds. The van der Waals surface area contributed by atoms with Crippen LogP contribution in [0, 0.1) is 5.41 Å². The third kappa shape index (κ3) is 5.31. The number of piperidine rings is 1. The molecule has 3 heterocycles. The van der Waals surface area contributed by atoms with Gasteiger partial charge in [-0.2, -0.15) is 36.1 Å². The lowest BCUT2D eigenvalue weighted by atomic mass is 9.78. The van der Waals surface area contributed by atoms with Crippen molar-refractivity contribution >= 4 is 23.6 Å². The first-order chi connectivity index (χ1) is 16.7. The van der Waals surface area contributed by atoms with Crippen molar-refractivity contribution in [1.29, 1.82) is 0 Å². The summed E-state index contributed by atoms with van der Waals surface area (Å²) in [7, 11) is 0. The van der Waals surface area contributed by atoms with Gasteiger partial charge in [-0.3, -0.25) is 4.90 Å². The second-order valence-electron chi connectivity index (χ2n) is 9.17. The number of hydrogen-bond acceptors (Lipinski definition) is 4. The van der Waals surface area contributed by atoms with Crippen LogP contribution in [0.25, 0.3) is 0 Å². The fraction of sp³-hybridized carbons (Fsp3) is 0.500. The molecule has 2 aromatic rings. The molecule has 0 radical (unpaired) electrons. The van der Waals surface area contributed by atoms with E-state index in [4.69, 9.17) is 16.7 Å². The topological polar surface area (TPSA) is 78.7 Å². The van der Waals surface area contributed by atoms with Crippen LogP contribution in [0.4, 0.5) is 31.1 Å². The van der Waals surface area contributed by atoms with Crippen molar-refractivity contribution in [2.45, 2.75) is 38.2 Å². The van der Waals surface area contributed by atoms with Crippen molar-refractivity contribution in [2.75, 3.05) is 26.2 Å². The highest BCUT2D eigenvalue weighted by Crippen LogP contribution is 2.42. The van der Waals surface area contributed by atoms with Crippen LogP contribution >= 0.6 is 11.6 Å². The Morgan fingerprint density at radius 1 is 1.00 bits per heavy atom. The number of nitrogens with zero attached hydrogens (tertiary/aromatic N) is 4. The molecule has 0 bridgehead atoms. The summed E-state index contributed by atoms with van der Waals surface area (Å²) in [4.78, 5) is 27.1. The molecule has 14 heteroatoms. The number of aromatic carboxylic acids is 1. The molecule has 0 saturated carbocycles. The van der Waals surface area contributed by atoms with Crippen LogP contribution in [-0.2, 0) is 18.9 Å². The molecule has 7 nitrogen and oxygen atoms in total. The van der Waals surface area contributed by atoms with Gasteiger partial charge in [-0.15, -0.1) is 0 Å². The van der Waals surface area contributed by atoms with Crippen molar-refractivity contribution < 1.29 is 41.0 Å². The van der Waals surface area contributed by atoms with Gasteiger partial charge in [0.15, 0.2) is 5.69 Å². The molecule has 1 spiro atoms. The molecule has 2 fully saturated rings. The molecule has 1 aromatic carbocycles. The van der Waals surface area contributed by atoms with Crippen LogP contribution in [0.5, 0.6) is 0 Å². The normalized spacial score (nSPS) is 18.7. The SMILES string of the molecule is O=C(O)c1nn(C(=O)N2CCC3(CCN(Cc4cc(Cl)ccc4C(F)(F)F)C3)CC2)cc1C(F)(F)F. The molecule has 1 N–H and O–H groups in total. The van der Waals surface area contributed by atoms with Gasteiger partial charge in [0.1, 0.15) is 5.56 Å². The highest BCUT2D eigenvalue weighted by Gasteiger charge is 2.43. The molecule has 2 aliphatic rings.